The second-order valence-electron chi connectivity index (χ2n) is 10.7. The Labute approximate surface area is 235 Å². The summed E-state index contributed by atoms with van der Waals surface area (Å²) >= 11 is 0. The van der Waals surface area contributed by atoms with Gasteiger partial charge in [0.15, 0.2) is 11.5 Å². The maximum atomic E-state index is 14.2. The van der Waals surface area contributed by atoms with Crippen molar-refractivity contribution in [1.82, 2.24) is 25.2 Å². The van der Waals surface area contributed by atoms with Gasteiger partial charge in [-0.15, -0.1) is 5.10 Å². The molecule has 1 N–H and O–H groups in total. The van der Waals surface area contributed by atoms with Crippen molar-refractivity contribution in [3.63, 3.8) is 0 Å². The third kappa shape index (κ3) is 6.42. The highest BCUT2D eigenvalue weighted by Crippen LogP contribution is 2.38. The predicted octanol–water partition coefficient (Wildman–Crippen LogP) is 4.48. The topological polar surface area (TPSA) is 98.6 Å². The smallest absolute Gasteiger partial charge is 0.247 e. The van der Waals surface area contributed by atoms with E-state index in [-0.39, 0.29) is 18.4 Å². The quantitative estimate of drug-likeness (QED) is 0.317. The van der Waals surface area contributed by atoms with Gasteiger partial charge in [0.2, 0.25) is 11.8 Å². The maximum Gasteiger partial charge on any atom is 0.247 e. The van der Waals surface area contributed by atoms with Crippen LogP contribution in [0.15, 0.2) is 66.7 Å². The van der Waals surface area contributed by atoms with Gasteiger partial charge in [-0.3, -0.25) is 9.59 Å². The number of carbonyl (C=O) groups is 2. The van der Waals surface area contributed by atoms with Crippen LogP contribution in [0.2, 0.25) is 0 Å². The van der Waals surface area contributed by atoms with Crippen LogP contribution in [0, 0.1) is 6.92 Å². The Morgan fingerprint density at radius 2 is 1.70 bits per heavy atom. The molecule has 0 bridgehead atoms. The summed E-state index contributed by atoms with van der Waals surface area (Å²) in [4.78, 5) is 29.8. The number of nitrogens with one attached hydrogen (secondary N) is 1. The second-order valence-corrected chi connectivity index (χ2v) is 10.7. The van der Waals surface area contributed by atoms with Crippen LogP contribution in [-0.2, 0) is 22.6 Å². The standard InChI is InChI=1S/C31H37N5O4/c1-21-12-7-8-13-22(21)18-19-35(27(37)20-36-25-16-10-9-15-24(25)33-34-36)28(30(38)32-31(2,3)4)23-14-11-17-26(39-5)29(23)40-6/h7-17,28H,18-20H2,1-6H3,(H,32,38)/t28-/m0/s1. The summed E-state index contributed by atoms with van der Waals surface area (Å²) < 4.78 is 12.8. The molecule has 0 aliphatic heterocycles. The Hall–Kier alpha value is -4.40. The van der Waals surface area contributed by atoms with Crippen molar-refractivity contribution in [1.29, 1.82) is 0 Å². The molecule has 40 heavy (non-hydrogen) atoms. The first-order valence-electron chi connectivity index (χ1n) is 13.3. The van der Waals surface area contributed by atoms with Gasteiger partial charge in [-0.25, -0.2) is 4.68 Å². The molecule has 0 fully saturated rings. The number of nitrogens with zero attached hydrogens (tertiary/aromatic N) is 4. The highest BCUT2D eigenvalue weighted by Gasteiger charge is 2.36. The molecule has 0 aliphatic carbocycles. The molecule has 1 atom stereocenters. The number of hydrogen-bond acceptors (Lipinski definition) is 6. The Balaban J connectivity index is 1.81. The summed E-state index contributed by atoms with van der Waals surface area (Å²) in [5, 5.41) is 11.5. The second kappa shape index (κ2) is 12.2. The molecular weight excluding hydrogens is 506 g/mol. The molecule has 4 rings (SSSR count). The number of carbonyl (C=O) groups excluding carboxylic acids is 2. The van der Waals surface area contributed by atoms with Crippen molar-refractivity contribution in [2.75, 3.05) is 20.8 Å². The fourth-order valence-electron chi connectivity index (χ4n) is 4.80. The summed E-state index contributed by atoms with van der Waals surface area (Å²) in [6.45, 7) is 7.97. The van der Waals surface area contributed by atoms with Gasteiger partial charge in [0.25, 0.3) is 0 Å². The third-order valence-corrected chi connectivity index (χ3v) is 6.70. The van der Waals surface area contributed by atoms with E-state index < -0.39 is 11.6 Å². The molecule has 0 saturated heterocycles. The Morgan fingerprint density at radius 3 is 2.40 bits per heavy atom. The highest BCUT2D eigenvalue weighted by atomic mass is 16.5. The van der Waals surface area contributed by atoms with Crippen molar-refractivity contribution in [3.8, 4) is 11.5 Å². The zero-order valence-corrected chi connectivity index (χ0v) is 24.0. The van der Waals surface area contributed by atoms with Gasteiger partial charge in [-0.2, -0.15) is 0 Å². The number of rotatable bonds is 10. The lowest BCUT2D eigenvalue weighted by atomic mass is 9.98. The molecule has 1 heterocycles. The molecule has 0 aliphatic rings. The predicted molar refractivity (Wildman–Crippen MR) is 154 cm³/mol. The van der Waals surface area contributed by atoms with Crippen LogP contribution < -0.4 is 14.8 Å². The molecule has 0 saturated carbocycles. The molecule has 9 nitrogen and oxygen atoms in total. The van der Waals surface area contributed by atoms with Crippen LogP contribution in [0.25, 0.3) is 11.0 Å². The van der Waals surface area contributed by atoms with E-state index in [1.54, 1.807) is 34.9 Å². The number of aryl methyl sites for hydroxylation is 1. The van der Waals surface area contributed by atoms with Gasteiger partial charge in [-0.05, 0) is 63.4 Å². The van der Waals surface area contributed by atoms with E-state index in [0.717, 1.165) is 16.6 Å². The zero-order chi connectivity index (χ0) is 28.9. The van der Waals surface area contributed by atoms with E-state index in [2.05, 4.69) is 15.6 Å². The minimum absolute atomic E-state index is 0.0835. The molecule has 2 amide bonds. The summed E-state index contributed by atoms with van der Waals surface area (Å²) in [5.74, 6) is 0.282. The van der Waals surface area contributed by atoms with Crippen molar-refractivity contribution in [3.05, 3.63) is 83.4 Å². The average molecular weight is 544 g/mol. The summed E-state index contributed by atoms with van der Waals surface area (Å²) in [6, 6.07) is 19.9. The Bertz CT molecular complexity index is 1490. The SMILES string of the molecule is COc1cccc([C@@H](C(=O)NC(C)(C)C)N(CCc2ccccc2C)C(=O)Cn2nnc3ccccc32)c1OC. The molecule has 210 valence electrons. The van der Waals surface area contributed by atoms with Gasteiger partial charge in [0, 0.05) is 17.6 Å². The fourth-order valence-corrected chi connectivity index (χ4v) is 4.80. The molecule has 0 unspecified atom stereocenters. The lowest BCUT2D eigenvalue weighted by molar-refractivity contribution is -0.142. The Kier molecular flexibility index (Phi) is 8.72. The molecule has 1 aromatic heterocycles. The van der Waals surface area contributed by atoms with Crippen LogP contribution >= 0.6 is 0 Å². The first-order valence-corrected chi connectivity index (χ1v) is 13.3. The van der Waals surface area contributed by atoms with Crippen molar-refractivity contribution < 1.29 is 19.1 Å². The lowest BCUT2D eigenvalue weighted by Gasteiger charge is -2.34. The molecule has 0 radical (unpaired) electrons. The van der Waals surface area contributed by atoms with Crippen LogP contribution in [0.3, 0.4) is 0 Å². The monoisotopic (exact) mass is 543 g/mol. The highest BCUT2D eigenvalue weighted by molar-refractivity contribution is 5.90. The van der Waals surface area contributed by atoms with Crippen molar-refractivity contribution >= 4 is 22.8 Å². The van der Waals surface area contributed by atoms with Crippen LogP contribution in [0.5, 0.6) is 11.5 Å². The minimum Gasteiger partial charge on any atom is -0.493 e. The molecule has 4 aromatic rings. The zero-order valence-electron chi connectivity index (χ0n) is 24.0. The first kappa shape index (κ1) is 28.6. The third-order valence-electron chi connectivity index (χ3n) is 6.70. The van der Waals surface area contributed by atoms with E-state index in [1.807, 2.05) is 76.2 Å². The van der Waals surface area contributed by atoms with Crippen molar-refractivity contribution in [2.24, 2.45) is 0 Å². The molecule has 3 aromatic carbocycles. The first-order chi connectivity index (χ1) is 19.1. The van der Waals surface area contributed by atoms with Crippen LogP contribution in [0.4, 0.5) is 0 Å². The number of para-hydroxylation sites is 2. The minimum atomic E-state index is -0.990. The van der Waals surface area contributed by atoms with Gasteiger partial charge < -0.3 is 19.7 Å². The number of methoxy groups -OCH3 is 2. The van der Waals surface area contributed by atoms with Crippen molar-refractivity contribution in [2.45, 2.75) is 52.2 Å². The number of benzene rings is 3. The molecular formula is C31H37N5O4. The number of amides is 2. The van der Waals surface area contributed by atoms with E-state index in [4.69, 9.17) is 9.47 Å². The van der Waals surface area contributed by atoms with E-state index in [9.17, 15) is 9.59 Å². The molecule has 0 spiro atoms. The average Bonchev–Trinajstić information content (AvgIpc) is 3.32. The fraction of sp³-hybridized carbons (Fsp3) is 0.355. The van der Waals surface area contributed by atoms with Gasteiger partial charge in [0.05, 0.1) is 19.7 Å². The summed E-state index contributed by atoms with van der Waals surface area (Å²) in [6.07, 6.45) is 0.558. The van der Waals surface area contributed by atoms with E-state index in [1.165, 1.54) is 7.11 Å². The number of aromatic nitrogens is 3. The van der Waals surface area contributed by atoms with Gasteiger partial charge in [-0.1, -0.05) is 53.7 Å². The van der Waals surface area contributed by atoms with Crippen LogP contribution in [-0.4, -0.2) is 58.0 Å². The van der Waals surface area contributed by atoms with E-state index >= 15 is 0 Å². The normalized spacial score (nSPS) is 12.2. The molecule has 9 heteroatoms. The maximum absolute atomic E-state index is 14.2. The van der Waals surface area contributed by atoms with Gasteiger partial charge in [0.1, 0.15) is 18.1 Å². The van der Waals surface area contributed by atoms with Gasteiger partial charge >= 0.3 is 0 Å². The number of fused-ring (bicyclic) bond motifs is 1. The summed E-state index contributed by atoms with van der Waals surface area (Å²) in [7, 11) is 3.07. The summed E-state index contributed by atoms with van der Waals surface area (Å²) in [5.41, 5.74) is 3.65. The Morgan fingerprint density at radius 1 is 0.975 bits per heavy atom. The van der Waals surface area contributed by atoms with Crippen LogP contribution in [0.1, 0.15) is 43.5 Å². The lowest BCUT2D eigenvalue weighted by Crippen LogP contribution is -2.50. The number of hydrogen-bond donors (Lipinski definition) is 1. The number of ether oxygens (including phenoxy) is 2. The largest absolute Gasteiger partial charge is 0.493 e. The van der Waals surface area contributed by atoms with E-state index in [0.29, 0.717) is 35.5 Å².